The van der Waals surface area contributed by atoms with E-state index in [1.807, 2.05) is 7.05 Å². The van der Waals surface area contributed by atoms with Gasteiger partial charge in [0.2, 0.25) is 11.8 Å². The summed E-state index contributed by atoms with van der Waals surface area (Å²) in [7, 11) is 3.64. The summed E-state index contributed by atoms with van der Waals surface area (Å²) in [5, 5.41) is 6.12. The van der Waals surface area contributed by atoms with E-state index in [2.05, 4.69) is 15.5 Å². The van der Waals surface area contributed by atoms with Crippen LogP contribution in [0.5, 0.6) is 0 Å². The largest absolute Gasteiger partial charge is 0.352 e. The van der Waals surface area contributed by atoms with Crippen molar-refractivity contribution in [2.75, 3.05) is 40.3 Å². The van der Waals surface area contributed by atoms with E-state index in [1.54, 1.807) is 7.05 Å². The Bertz CT molecular complexity index is 344. The molecule has 108 valence electrons. The Labute approximate surface area is 114 Å². The predicted octanol–water partition coefficient (Wildman–Crippen LogP) is -0.983. The Balaban J connectivity index is 1.68. The van der Waals surface area contributed by atoms with Crippen LogP contribution < -0.4 is 10.6 Å². The van der Waals surface area contributed by atoms with Crippen LogP contribution in [0.1, 0.15) is 19.3 Å². The Morgan fingerprint density at radius 1 is 1.26 bits per heavy atom. The maximum absolute atomic E-state index is 12.0. The lowest BCUT2D eigenvalue weighted by molar-refractivity contribution is -0.135. The molecule has 2 rings (SSSR count). The van der Waals surface area contributed by atoms with Gasteiger partial charge in [0.15, 0.2) is 0 Å². The van der Waals surface area contributed by atoms with Crippen LogP contribution in [0.3, 0.4) is 0 Å². The van der Waals surface area contributed by atoms with Gasteiger partial charge < -0.3 is 15.5 Å². The summed E-state index contributed by atoms with van der Waals surface area (Å²) in [6.45, 7) is 2.42. The van der Waals surface area contributed by atoms with E-state index < -0.39 is 0 Å². The number of hydrogen-bond acceptors (Lipinski definition) is 4. The number of likely N-dealkylation sites (tertiary alicyclic amines) is 1. The number of carbonyl (C=O) groups is 2. The molecular formula is C13H24N4O2. The Hall–Kier alpha value is -1.14. The fourth-order valence-electron chi connectivity index (χ4n) is 2.33. The van der Waals surface area contributed by atoms with Gasteiger partial charge in [0.1, 0.15) is 0 Å². The molecule has 1 unspecified atom stereocenters. The predicted molar refractivity (Wildman–Crippen MR) is 72.7 cm³/mol. The zero-order valence-corrected chi connectivity index (χ0v) is 11.8. The molecule has 1 atom stereocenters. The first-order chi connectivity index (χ1) is 9.08. The molecule has 0 radical (unpaired) electrons. The number of hydrogen-bond donors (Lipinski definition) is 2. The number of carbonyl (C=O) groups excluding carboxylic acids is 2. The van der Waals surface area contributed by atoms with Gasteiger partial charge in [-0.1, -0.05) is 0 Å². The van der Waals surface area contributed by atoms with E-state index in [4.69, 9.17) is 0 Å². The average Bonchev–Trinajstić information content (AvgIpc) is 3.05. The topological polar surface area (TPSA) is 64.7 Å². The van der Waals surface area contributed by atoms with Crippen molar-refractivity contribution >= 4 is 11.8 Å². The summed E-state index contributed by atoms with van der Waals surface area (Å²) in [6.07, 6.45) is 3.22. The third-order valence-electron chi connectivity index (χ3n) is 3.79. The normalized spacial score (nSPS) is 23.4. The summed E-state index contributed by atoms with van der Waals surface area (Å²) < 4.78 is 0. The lowest BCUT2D eigenvalue weighted by Crippen LogP contribution is -2.43. The van der Waals surface area contributed by atoms with Crippen molar-refractivity contribution in [3.8, 4) is 0 Å². The average molecular weight is 268 g/mol. The molecule has 1 saturated heterocycles. The van der Waals surface area contributed by atoms with Crippen molar-refractivity contribution in [1.29, 1.82) is 0 Å². The summed E-state index contributed by atoms with van der Waals surface area (Å²) in [4.78, 5) is 27.3. The highest BCUT2D eigenvalue weighted by Gasteiger charge is 2.26. The lowest BCUT2D eigenvalue weighted by atomic mass is 10.3. The molecule has 6 nitrogen and oxygen atoms in total. The molecule has 1 aliphatic carbocycles. The summed E-state index contributed by atoms with van der Waals surface area (Å²) >= 11 is 0. The zero-order valence-electron chi connectivity index (χ0n) is 11.8. The first-order valence-corrected chi connectivity index (χ1v) is 7.01. The van der Waals surface area contributed by atoms with Crippen molar-refractivity contribution in [1.82, 2.24) is 20.4 Å². The second-order valence-electron chi connectivity index (χ2n) is 5.60. The highest BCUT2D eigenvalue weighted by molar-refractivity contribution is 5.85. The van der Waals surface area contributed by atoms with E-state index in [-0.39, 0.29) is 18.4 Å². The SMILES string of the molecule is CNC1CCN(CC(=O)N(C)CC(=O)NC2CC2)C1. The van der Waals surface area contributed by atoms with Gasteiger partial charge in [-0.2, -0.15) is 0 Å². The minimum absolute atomic E-state index is 0.0164. The molecule has 2 amide bonds. The molecular weight excluding hydrogens is 244 g/mol. The highest BCUT2D eigenvalue weighted by atomic mass is 16.2. The molecule has 0 bridgehead atoms. The molecule has 2 aliphatic rings. The van der Waals surface area contributed by atoms with Gasteiger partial charge in [0.05, 0.1) is 13.1 Å². The minimum Gasteiger partial charge on any atom is -0.352 e. The van der Waals surface area contributed by atoms with Gasteiger partial charge >= 0.3 is 0 Å². The van der Waals surface area contributed by atoms with Crippen LogP contribution in [0.2, 0.25) is 0 Å². The molecule has 1 heterocycles. The Morgan fingerprint density at radius 2 is 2.00 bits per heavy atom. The molecule has 1 saturated carbocycles. The molecule has 6 heteroatoms. The van der Waals surface area contributed by atoms with Gasteiger partial charge in [-0.05, 0) is 26.3 Å². The molecule has 19 heavy (non-hydrogen) atoms. The molecule has 2 N–H and O–H groups in total. The fourth-order valence-corrected chi connectivity index (χ4v) is 2.33. The van der Waals surface area contributed by atoms with Crippen molar-refractivity contribution in [2.45, 2.75) is 31.3 Å². The van der Waals surface area contributed by atoms with Crippen molar-refractivity contribution in [3.05, 3.63) is 0 Å². The minimum atomic E-state index is -0.0483. The van der Waals surface area contributed by atoms with Crippen molar-refractivity contribution in [2.24, 2.45) is 0 Å². The number of rotatable bonds is 6. The van der Waals surface area contributed by atoms with Gasteiger partial charge in [-0.15, -0.1) is 0 Å². The molecule has 0 aromatic rings. The molecule has 2 fully saturated rings. The molecule has 0 aromatic heterocycles. The summed E-state index contributed by atoms with van der Waals surface area (Å²) in [5.74, 6) is -0.0319. The van der Waals surface area contributed by atoms with Crippen LogP contribution in [0.15, 0.2) is 0 Å². The van der Waals surface area contributed by atoms with E-state index in [0.29, 0.717) is 18.6 Å². The van der Waals surface area contributed by atoms with Crippen LogP contribution in [0.4, 0.5) is 0 Å². The second-order valence-corrected chi connectivity index (χ2v) is 5.60. The van der Waals surface area contributed by atoms with Gasteiger partial charge in [-0.3, -0.25) is 14.5 Å². The standard InChI is InChI=1S/C13H24N4O2/c1-14-11-5-6-17(7-11)9-13(19)16(2)8-12(18)15-10-3-4-10/h10-11,14H,3-9H2,1-2H3,(H,15,18). The van der Waals surface area contributed by atoms with Crippen molar-refractivity contribution in [3.63, 3.8) is 0 Å². The maximum atomic E-state index is 12.0. The van der Waals surface area contributed by atoms with E-state index in [9.17, 15) is 9.59 Å². The number of nitrogens with zero attached hydrogens (tertiary/aromatic N) is 2. The molecule has 0 aromatic carbocycles. The third-order valence-corrected chi connectivity index (χ3v) is 3.79. The van der Waals surface area contributed by atoms with Gasteiger partial charge in [0, 0.05) is 32.2 Å². The second kappa shape index (κ2) is 6.34. The Kier molecular flexibility index (Phi) is 4.76. The van der Waals surface area contributed by atoms with Gasteiger partial charge in [0.25, 0.3) is 0 Å². The van der Waals surface area contributed by atoms with Crippen LogP contribution in [-0.2, 0) is 9.59 Å². The third kappa shape index (κ3) is 4.47. The summed E-state index contributed by atoms with van der Waals surface area (Å²) in [6, 6.07) is 0.835. The number of nitrogens with one attached hydrogen (secondary N) is 2. The number of amides is 2. The lowest BCUT2D eigenvalue weighted by Gasteiger charge is -2.21. The maximum Gasteiger partial charge on any atom is 0.239 e. The van der Waals surface area contributed by atoms with E-state index in [1.165, 1.54) is 4.90 Å². The van der Waals surface area contributed by atoms with Crippen LogP contribution >= 0.6 is 0 Å². The highest BCUT2D eigenvalue weighted by Crippen LogP contribution is 2.18. The smallest absolute Gasteiger partial charge is 0.239 e. The fraction of sp³-hybridized carbons (Fsp3) is 0.846. The quantitative estimate of drug-likeness (QED) is 0.650. The van der Waals surface area contributed by atoms with Gasteiger partial charge in [-0.25, -0.2) is 0 Å². The monoisotopic (exact) mass is 268 g/mol. The number of likely N-dealkylation sites (N-methyl/N-ethyl adjacent to an activating group) is 2. The molecule has 0 spiro atoms. The zero-order chi connectivity index (χ0) is 13.8. The van der Waals surface area contributed by atoms with E-state index in [0.717, 1.165) is 32.4 Å². The van der Waals surface area contributed by atoms with Crippen LogP contribution in [0.25, 0.3) is 0 Å². The van der Waals surface area contributed by atoms with Crippen LogP contribution in [-0.4, -0.2) is 74.0 Å². The first kappa shape index (κ1) is 14.3. The van der Waals surface area contributed by atoms with Crippen LogP contribution in [0, 0.1) is 0 Å². The Morgan fingerprint density at radius 3 is 2.58 bits per heavy atom. The first-order valence-electron chi connectivity index (χ1n) is 7.01. The summed E-state index contributed by atoms with van der Waals surface area (Å²) in [5.41, 5.74) is 0. The van der Waals surface area contributed by atoms with Crippen molar-refractivity contribution < 1.29 is 9.59 Å². The molecule has 1 aliphatic heterocycles. The van der Waals surface area contributed by atoms with E-state index >= 15 is 0 Å².